The van der Waals surface area contributed by atoms with E-state index in [1.54, 1.807) is 0 Å². The SMILES string of the molecule is CC=CC1CCC(OCC(F)(F)Oc2cc(F)c(OC(F)(F)F)c(F)c2)CC1. The van der Waals surface area contributed by atoms with Gasteiger partial charge in [0.2, 0.25) is 5.75 Å². The van der Waals surface area contributed by atoms with Crippen LogP contribution in [0.4, 0.5) is 30.7 Å². The zero-order valence-electron chi connectivity index (χ0n) is 14.9. The lowest BCUT2D eigenvalue weighted by atomic mass is 9.87. The Morgan fingerprint density at radius 3 is 2.04 bits per heavy atom. The monoisotopic (exact) mass is 416 g/mol. The summed E-state index contributed by atoms with van der Waals surface area (Å²) in [5.41, 5.74) is 0. The maximum atomic E-state index is 13.9. The maximum Gasteiger partial charge on any atom is 0.573 e. The Morgan fingerprint density at radius 2 is 1.54 bits per heavy atom. The van der Waals surface area contributed by atoms with Gasteiger partial charge in [-0.25, -0.2) is 8.78 Å². The van der Waals surface area contributed by atoms with Gasteiger partial charge in [0.25, 0.3) is 0 Å². The van der Waals surface area contributed by atoms with Crippen molar-refractivity contribution in [1.82, 2.24) is 0 Å². The quantitative estimate of drug-likeness (QED) is 0.404. The number of rotatable bonds is 7. The Kier molecular flexibility index (Phi) is 7.19. The third-order valence-corrected chi connectivity index (χ3v) is 4.13. The van der Waals surface area contributed by atoms with Crippen LogP contribution < -0.4 is 9.47 Å². The van der Waals surface area contributed by atoms with Gasteiger partial charge in [-0.3, -0.25) is 0 Å². The fourth-order valence-corrected chi connectivity index (χ4v) is 2.95. The number of alkyl halides is 5. The molecule has 0 unspecified atom stereocenters. The van der Waals surface area contributed by atoms with Crippen molar-refractivity contribution < 1.29 is 44.9 Å². The van der Waals surface area contributed by atoms with E-state index in [1.165, 1.54) is 0 Å². The number of halogens is 7. The van der Waals surface area contributed by atoms with Crippen molar-refractivity contribution in [3.8, 4) is 11.5 Å². The van der Waals surface area contributed by atoms with Crippen molar-refractivity contribution in [2.45, 2.75) is 51.2 Å². The highest BCUT2D eigenvalue weighted by Gasteiger charge is 2.37. The third-order valence-electron chi connectivity index (χ3n) is 4.13. The van der Waals surface area contributed by atoms with Gasteiger partial charge in [-0.2, -0.15) is 8.78 Å². The molecule has 0 aliphatic heterocycles. The summed E-state index contributed by atoms with van der Waals surface area (Å²) in [6.45, 7) is 0.740. The van der Waals surface area contributed by atoms with E-state index in [1.807, 2.05) is 19.1 Å². The second-order valence-corrected chi connectivity index (χ2v) is 6.38. The molecule has 0 amide bonds. The van der Waals surface area contributed by atoms with Crippen LogP contribution in [0.2, 0.25) is 0 Å². The molecule has 0 spiro atoms. The molecule has 1 aliphatic carbocycles. The molecule has 0 atom stereocenters. The van der Waals surface area contributed by atoms with Crippen molar-refractivity contribution in [3.63, 3.8) is 0 Å². The molecule has 3 nitrogen and oxygen atoms in total. The highest BCUT2D eigenvalue weighted by molar-refractivity contribution is 5.35. The Hall–Kier alpha value is -1.97. The third kappa shape index (κ3) is 6.88. The molecule has 158 valence electrons. The molecule has 0 heterocycles. The second kappa shape index (κ2) is 9.02. The molecule has 1 aromatic rings. The van der Waals surface area contributed by atoms with Crippen LogP contribution in [0.1, 0.15) is 32.6 Å². The summed E-state index contributed by atoms with van der Waals surface area (Å²) in [4.78, 5) is 0. The van der Waals surface area contributed by atoms with Crippen LogP contribution in [-0.2, 0) is 4.74 Å². The van der Waals surface area contributed by atoms with E-state index in [9.17, 15) is 30.7 Å². The molecular formula is C18H19F7O3. The zero-order valence-corrected chi connectivity index (χ0v) is 14.9. The van der Waals surface area contributed by atoms with Crippen molar-refractivity contribution in [3.05, 3.63) is 35.9 Å². The molecule has 28 heavy (non-hydrogen) atoms. The predicted molar refractivity (Wildman–Crippen MR) is 85.1 cm³/mol. The average molecular weight is 416 g/mol. The molecule has 1 aliphatic rings. The minimum atomic E-state index is -5.34. The Labute approximate surface area is 157 Å². The zero-order chi connectivity index (χ0) is 20.9. The molecule has 0 N–H and O–H groups in total. The van der Waals surface area contributed by atoms with Crippen LogP contribution in [0.3, 0.4) is 0 Å². The predicted octanol–water partition coefficient (Wildman–Crippen LogP) is 5.99. The minimum absolute atomic E-state index is 0.181. The lowest BCUT2D eigenvalue weighted by molar-refractivity contribution is -0.276. The first kappa shape index (κ1) is 22.3. The minimum Gasteiger partial charge on any atom is -0.431 e. The molecule has 0 saturated heterocycles. The van der Waals surface area contributed by atoms with Crippen LogP contribution >= 0.6 is 0 Å². The summed E-state index contributed by atoms with van der Waals surface area (Å²) >= 11 is 0. The molecule has 0 aromatic heterocycles. The topological polar surface area (TPSA) is 27.7 Å². The van der Waals surface area contributed by atoms with Crippen LogP contribution in [0.25, 0.3) is 0 Å². The van der Waals surface area contributed by atoms with Gasteiger partial charge in [-0.05, 0) is 38.5 Å². The Bertz CT molecular complexity index is 657. The molecule has 0 radical (unpaired) electrons. The first-order valence-corrected chi connectivity index (χ1v) is 8.55. The number of hydrogen-bond acceptors (Lipinski definition) is 3. The Balaban J connectivity index is 1.93. The van der Waals surface area contributed by atoms with Gasteiger partial charge >= 0.3 is 12.5 Å². The standard InChI is InChI=1S/C18H19F7O3/c1-2-3-11-4-6-12(7-5-11)26-10-17(21,22)27-13-8-14(19)16(15(20)9-13)28-18(23,24)25/h2-3,8-9,11-12H,4-7,10H2,1H3. The van der Waals surface area contributed by atoms with Gasteiger partial charge in [-0.1, -0.05) is 12.2 Å². The largest absolute Gasteiger partial charge is 0.573 e. The van der Waals surface area contributed by atoms with E-state index in [0.29, 0.717) is 18.8 Å². The Morgan fingerprint density at radius 1 is 0.964 bits per heavy atom. The van der Waals surface area contributed by atoms with Gasteiger partial charge in [0.05, 0.1) is 6.10 Å². The first-order chi connectivity index (χ1) is 13.0. The number of ether oxygens (including phenoxy) is 3. The summed E-state index contributed by atoms with van der Waals surface area (Å²) in [6.07, 6.45) is -2.95. The first-order valence-electron chi connectivity index (χ1n) is 8.55. The molecule has 0 bridgehead atoms. The molecule has 1 fully saturated rings. The van der Waals surface area contributed by atoms with E-state index in [-0.39, 0.29) is 12.1 Å². The molecular weight excluding hydrogens is 397 g/mol. The van der Waals surface area contributed by atoms with Gasteiger partial charge in [0, 0.05) is 12.1 Å². The van der Waals surface area contributed by atoms with Gasteiger partial charge < -0.3 is 14.2 Å². The fraction of sp³-hybridized carbons (Fsp3) is 0.556. The summed E-state index contributed by atoms with van der Waals surface area (Å²) < 4.78 is 104. The van der Waals surface area contributed by atoms with Gasteiger partial charge in [-0.15, -0.1) is 13.2 Å². The summed E-state index contributed by atoms with van der Waals surface area (Å²) in [7, 11) is 0. The molecule has 1 saturated carbocycles. The van der Waals surface area contributed by atoms with Gasteiger partial charge in [0.1, 0.15) is 5.75 Å². The lowest BCUT2D eigenvalue weighted by Gasteiger charge is -2.28. The van der Waals surface area contributed by atoms with Crippen LogP contribution in [0.15, 0.2) is 24.3 Å². The molecule has 2 rings (SSSR count). The average Bonchev–Trinajstić information content (AvgIpc) is 2.57. The van der Waals surface area contributed by atoms with Crippen molar-refractivity contribution in [1.29, 1.82) is 0 Å². The normalized spacial score (nSPS) is 21.1. The van der Waals surface area contributed by atoms with Crippen LogP contribution in [-0.4, -0.2) is 25.2 Å². The van der Waals surface area contributed by atoms with E-state index in [4.69, 9.17) is 4.74 Å². The number of allylic oxidation sites excluding steroid dienone is 2. The number of hydrogen-bond donors (Lipinski definition) is 0. The van der Waals surface area contributed by atoms with Crippen molar-refractivity contribution >= 4 is 0 Å². The molecule has 1 aromatic carbocycles. The highest BCUT2D eigenvalue weighted by atomic mass is 19.4. The highest BCUT2D eigenvalue weighted by Crippen LogP contribution is 2.34. The van der Waals surface area contributed by atoms with E-state index in [0.717, 1.165) is 12.8 Å². The summed E-state index contributed by atoms with van der Waals surface area (Å²) in [5.74, 6) is -6.02. The number of benzene rings is 1. The van der Waals surface area contributed by atoms with Crippen molar-refractivity contribution in [2.75, 3.05) is 6.61 Å². The second-order valence-electron chi connectivity index (χ2n) is 6.38. The van der Waals surface area contributed by atoms with E-state index >= 15 is 0 Å². The summed E-state index contributed by atoms with van der Waals surface area (Å²) in [6, 6.07) is 0.362. The van der Waals surface area contributed by atoms with Crippen LogP contribution in [0.5, 0.6) is 11.5 Å². The van der Waals surface area contributed by atoms with Crippen LogP contribution in [0, 0.1) is 17.6 Å². The lowest BCUT2D eigenvalue weighted by Crippen LogP contribution is -2.34. The molecule has 10 heteroatoms. The van der Waals surface area contributed by atoms with E-state index in [2.05, 4.69) is 9.47 Å². The maximum absolute atomic E-state index is 13.9. The smallest absolute Gasteiger partial charge is 0.431 e. The van der Waals surface area contributed by atoms with E-state index < -0.39 is 48.3 Å². The van der Waals surface area contributed by atoms with Gasteiger partial charge in [0.15, 0.2) is 18.2 Å². The summed E-state index contributed by atoms with van der Waals surface area (Å²) in [5, 5.41) is 0. The van der Waals surface area contributed by atoms with Crippen molar-refractivity contribution in [2.24, 2.45) is 5.92 Å². The fourth-order valence-electron chi connectivity index (χ4n) is 2.95.